The van der Waals surface area contributed by atoms with E-state index in [4.69, 9.17) is 5.26 Å². The third-order valence-corrected chi connectivity index (χ3v) is 9.16. The van der Waals surface area contributed by atoms with Gasteiger partial charge in [0.2, 0.25) is 0 Å². The van der Waals surface area contributed by atoms with E-state index in [-0.39, 0.29) is 23.7 Å². The van der Waals surface area contributed by atoms with Gasteiger partial charge in [-0.15, -0.1) is 4.99 Å². The highest BCUT2D eigenvalue weighted by molar-refractivity contribution is 5.82. The Morgan fingerprint density at radius 1 is 0.417 bits per heavy atom. The fraction of sp³-hybridized carbons (Fsp3) is 0.0204. The topological polar surface area (TPSA) is 131 Å². The Balaban J connectivity index is 0.000000185. The number of hydrogen-bond acceptors (Lipinski definition) is 8. The summed E-state index contributed by atoms with van der Waals surface area (Å²) in [5.41, 5.74) is 10.2. The van der Waals surface area contributed by atoms with Gasteiger partial charge >= 0.3 is 0 Å². The summed E-state index contributed by atoms with van der Waals surface area (Å²) in [6.45, 7) is 0. The van der Waals surface area contributed by atoms with E-state index in [1.807, 2.05) is 84.9 Å². The third-order valence-electron chi connectivity index (χ3n) is 9.16. The maximum atomic E-state index is 11.2. The molecule has 0 atom stereocenters. The van der Waals surface area contributed by atoms with E-state index in [0.717, 1.165) is 22.7 Å². The largest absolute Gasteiger partial charge is 0.311 e. The van der Waals surface area contributed by atoms with Crippen molar-refractivity contribution in [3.63, 3.8) is 0 Å². The van der Waals surface area contributed by atoms with Gasteiger partial charge in [-0.3, -0.25) is 20.2 Å². The van der Waals surface area contributed by atoms with Crippen molar-refractivity contribution >= 4 is 56.9 Å². The Morgan fingerprint density at radius 3 is 0.967 bits per heavy atom. The Morgan fingerprint density at radius 2 is 0.683 bits per heavy atom. The number of non-ortho nitro benzene ring substituents is 2. The Hall–Kier alpha value is -7.96. The van der Waals surface area contributed by atoms with Crippen LogP contribution in [0.4, 0.5) is 56.9 Å². The van der Waals surface area contributed by atoms with Crippen molar-refractivity contribution in [2.24, 2.45) is 0 Å². The first-order chi connectivity index (χ1) is 28.9. The van der Waals surface area contributed by atoms with Crippen LogP contribution in [0.15, 0.2) is 231 Å². The number of hydrogen-bond donors (Lipinski definition) is 2. The Labute approximate surface area is 349 Å². The van der Waals surface area contributed by atoms with Crippen LogP contribution in [0.2, 0.25) is 0 Å². The second-order valence-electron chi connectivity index (χ2n) is 12.8. The standard InChI is InChI=1S/C24H19N2O2.C18H15N.C6H6N2O4.CH4/c27-25(28)20-16-18-24(19-17-20)26(21-10-4-1-5-11-21,22-12-6-2-7-13-22)23-14-8-3-9-15-23;1-4-10-16(11-5-1)19(17-12-6-2-7-13-17)18-14-8-3-9-15-18;9-8(10)6-3-1-5(2-4-6)7-12-11;/h1-19H;1-15H;1-4,7,11H;1H4/q+1;;;. The van der Waals surface area contributed by atoms with Crippen LogP contribution in [-0.4, -0.2) is 15.1 Å². The molecule has 0 saturated heterocycles. The summed E-state index contributed by atoms with van der Waals surface area (Å²) < 4.78 is 0.334. The van der Waals surface area contributed by atoms with Crippen LogP contribution in [0.3, 0.4) is 0 Å². The highest BCUT2D eigenvalue weighted by atomic mass is 17.2. The highest BCUT2D eigenvalue weighted by Crippen LogP contribution is 2.51. The second kappa shape index (κ2) is 21.5. The average molecular weight is 799 g/mol. The van der Waals surface area contributed by atoms with Crippen LogP contribution in [-0.2, 0) is 4.99 Å². The maximum Gasteiger partial charge on any atom is 0.269 e. The normalized spacial score (nSPS) is 10.3. The molecule has 0 aromatic heterocycles. The van der Waals surface area contributed by atoms with Crippen molar-refractivity contribution in [2.75, 3.05) is 10.4 Å². The summed E-state index contributed by atoms with van der Waals surface area (Å²) in [7, 11) is 0. The molecule has 8 aromatic carbocycles. The SMILES string of the molecule is C.O=[N+]([O-])c1ccc(NOO)cc1.O=[N+]([O-])c1ccc([N+](c2ccccc2)(c2ccccc2)c2ccccc2)cc1.c1ccc(N(c2ccccc2)c2ccccc2)cc1. The van der Waals surface area contributed by atoms with E-state index in [1.165, 1.54) is 41.3 Å². The molecule has 8 rings (SSSR count). The van der Waals surface area contributed by atoms with Crippen molar-refractivity contribution < 1.29 is 20.1 Å². The lowest BCUT2D eigenvalue weighted by molar-refractivity contribution is -0.385. The predicted octanol–water partition coefficient (Wildman–Crippen LogP) is 14.1. The van der Waals surface area contributed by atoms with Gasteiger partial charge in [0.15, 0.2) is 0 Å². The van der Waals surface area contributed by atoms with Crippen molar-refractivity contribution in [2.45, 2.75) is 7.43 Å². The lowest BCUT2D eigenvalue weighted by atomic mass is 10.1. The molecule has 0 radical (unpaired) electrons. The van der Waals surface area contributed by atoms with Gasteiger partial charge in [-0.05, 0) is 48.5 Å². The van der Waals surface area contributed by atoms with Gasteiger partial charge in [-0.25, -0.2) is 10.7 Å². The van der Waals surface area contributed by atoms with E-state index in [9.17, 15) is 20.2 Å². The second-order valence-corrected chi connectivity index (χ2v) is 12.8. The Kier molecular flexibility index (Phi) is 15.5. The zero-order chi connectivity index (χ0) is 41.3. The fourth-order valence-electron chi connectivity index (χ4n) is 6.53. The molecule has 0 amide bonds. The molecule has 60 heavy (non-hydrogen) atoms. The molecule has 0 aliphatic heterocycles. The van der Waals surface area contributed by atoms with Crippen molar-refractivity contribution in [3.8, 4) is 0 Å². The lowest BCUT2D eigenvalue weighted by Crippen LogP contribution is -2.33. The number of benzene rings is 8. The van der Waals surface area contributed by atoms with Crippen LogP contribution in [0.5, 0.6) is 0 Å². The molecule has 0 bridgehead atoms. The number of nitrogens with zero attached hydrogens (tertiary/aromatic N) is 4. The molecule has 0 aliphatic rings. The van der Waals surface area contributed by atoms with E-state index >= 15 is 0 Å². The Bertz CT molecular complexity index is 2290. The number of quaternary nitrogens is 1. The van der Waals surface area contributed by atoms with E-state index < -0.39 is 4.92 Å². The monoisotopic (exact) mass is 798 g/mol. The molecule has 11 nitrogen and oxygen atoms in total. The summed E-state index contributed by atoms with van der Waals surface area (Å²) in [5, 5.41) is 29.3. The molecular weight excluding hydrogens is 755 g/mol. The molecule has 8 aromatic rings. The first-order valence-corrected chi connectivity index (χ1v) is 18.5. The van der Waals surface area contributed by atoms with Gasteiger partial charge in [0.1, 0.15) is 22.7 Å². The van der Waals surface area contributed by atoms with Gasteiger partial charge in [0.05, 0.1) is 15.5 Å². The molecule has 0 saturated carbocycles. The highest BCUT2D eigenvalue weighted by Gasteiger charge is 2.39. The minimum atomic E-state index is -0.510. The van der Waals surface area contributed by atoms with Crippen molar-refractivity contribution in [1.29, 1.82) is 0 Å². The minimum Gasteiger partial charge on any atom is -0.311 e. The first kappa shape index (κ1) is 43.2. The van der Waals surface area contributed by atoms with Crippen LogP contribution < -0.4 is 14.9 Å². The van der Waals surface area contributed by atoms with E-state index in [1.54, 1.807) is 12.1 Å². The van der Waals surface area contributed by atoms with E-state index in [0.29, 0.717) is 10.2 Å². The molecular formula is C49H44N5O6+. The molecule has 0 unspecified atom stereocenters. The van der Waals surface area contributed by atoms with Crippen LogP contribution in [0.25, 0.3) is 0 Å². The summed E-state index contributed by atoms with van der Waals surface area (Å²) in [6, 6.07) is 74.0. The molecule has 2 N–H and O–H groups in total. The first-order valence-electron chi connectivity index (χ1n) is 18.5. The number of nitrogens with one attached hydrogen (secondary N) is 1. The molecule has 0 spiro atoms. The quantitative estimate of drug-likeness (QED) is 0.0572. The average Bonchev–Trinajstić information content (AvgIpc) is 3.30. The van der Waals surface area contributed by atoms with Crippen LogP contribution in [0.1, 0.15) is 7.43 Å². The van der Waals surface area contributed by atoms with Gasteiger partial charge in [0, 0.05) is 89.9 Å². The smallest absolute Gasteiger partial charge is 0.269 e. The zero-order valence-corrected chi connectivity index (χ0v) is 31.7. The van der Waals surface area contributed by atoms with Crippen LogP contribution in [0, 0.1) is 20.2 Å². The number of para-hydroxylation sites is 6. The summed E-state index contributed by atoms with van der Waals surface area (Å²) in [5.74, 6) is 0. The lowest BCUT2D eigenvalue weighted by Gasteiger charge is -2.36. The number of nitro benzene ring substituents is 2. The molecule has 0 aliphatic carbocycles. The minimum absolute atomic E-state index is 0. The molecule has 11 heteroatoms. The zero-order valence-electron chi connectivity index (χ0n) is 31.7. The van der Waals surface area contributed by atoms with Crippen LogP contribution >= 0.6 is 0 Å². The van der Waals surface area contributed by atoms with E-state index in [2.05, 4.69) is 125 Å². The summed E-state index contributed by atoms with van der Waals surface area (Å²) >= 11 is 0. The number of nitro groups is 2. The maximum absolute atomic E-state index is 11.2. The van der Waals surface area contributed by atoms with Gasteiger partial charge < -0.3 is 4.90 Å². The molecule has 0 fully saturated rings. The molecule has 300 valence electrons. The van der Waals surface area contributed by atoms with Crippen molar-refractivity contribution in [3.05, 3.63) is 251 Å². The van der Waals surface area contributed by atoms with Gasteiger partial charge in [0.25, 0.3) is 11.4 Å². The third kappa shape index (κ3) is 10.5. The summed E-state index contributed by atoms with van der Waals surface area (Å²) in [6.07, 6.45) is 0. The van der Waals surface area contributed by atoms with Gasteiger partial charge in [-0.1, -0.05) is 117 Å². The molecule has 0 heterocycles. The predicted molar refractivity (Wildman–Crippen MR) is 241 cm³/mol. The summed E-state index contributed by atoms with van der Waals surface area (Å²) in [4.78, 5) is 26.3. The number of anilines is 4. The fourth-order valence-corrected chi connectivity index (χ4v) is 6.53. The van der Waals surface area contributed by atoms with Gasteiger partial charge in [-0.2, -0.15) is 4.48 Å². The number of rotatable bonds is 11. The van der Waals surface area contributed by atoms with Crippen molar-refractivity contribution in [1.82, 2.24) is 4.48 Å².